The van der Waals surface area contributed by atoms with Crippen molar-refractivity contribution >= 4 is 22.8 Å². The molecule has 33 heavy (non-hydrogen) atoms. The summed E-state index contributed by atoms with van der Waals surface area (Å²) in [5, 5.41) is 11.7. The molecule has 1 aromatic carbocycles. The SMILES string of the molecule is CCCCCn1c(CCC(=O)Nc2ccc(C#N)cc2)nc2c1c(=O)[nH]c(=O)n2CCCC. The van der Waals surface area contributed by atoms with Gasteiger partial charge < -0.3 is 9.88 Å². The Balaban J connectivity index is 1.87. The van der Waals surface area contributed by atoms with Gasteiger partial charge in [0.25, 0.3) is 5.56 Å². The number of aromatic amines is 1. The first-order chi connectivity index (χ1) is 16.0. The maximum absolute atomic E-state index is 12.7. The summed E-state index contributed by atoms with van der Waals surface area (Å²) in [6.45, 7) is 5.23. The molecule has 3 aromatic rings. The number of fused-ring (bicyclic) bond motifs is 1. The smallest absolute Gasteiger partial charge is 0.326 e. The highest BCUT2D eigenvalue weighted by Crippen LogP contribution is 2.16. The molecule has 0 spiro atoms. The summed E-state index contributed by atoms with van der Waals surface area (Å²) in [5.41, 5.74) is 1.01. The quantitative estimate of drug-likeness (QED) is 0.434. The molecule has 174 valence electrons. The number of aryl methyl sites for hydroxylation is 3. The van der Waals surface area contributed by atoms with E-state index in [1.54, 1.807) is 24.3 Å². The Hall–Kier alpha value is -3.67. The largest absolute Gasteiger partial charge is 0.330 e. The number of anilines is 1. The van der Waals surface area contributed by atoms with Crippen molar-refractivity contribution in [3.05, 3.63) is 56.5 Å². The molecule has 0 bridgehead atoms. The number of nitriles is 1. The van der Waals surface area contributed by atoms with Crippen LogP contribution in [-0.2, 0) is 24.3 Å². The molecule has 0 atom stereocenters. The highest BCUT2D eigenvalue weighted by atomic mass is 16.2. The van der Waals surface area contributed by atoms with Crippen LogP contribution in [0.15, 0.2) is 33.9 Å². The van der Waals surface area contributed by atoms with Gasteiger partial charge >= 0.3 is 5.69 Å². The van der Waals surface area contributed by atoms with Crippen LogP contribution in [0.4, 0.5) is 5.69 Å². The second-order valence-electron chi connectivity index (χ2n) is 8.06. The van der Waals surface area contributed by atoms with Crippen LogP contribution in [0.5, 0.6) is 0 Å². The summed E-state index contributed by atoms with van der Waals surface area (Å²) < 4.78 is 3.39. The number of benzene rings is 1. The number of H-pyrrole nitrogens is 1. The number of aromatic nitrogens is 4. The standard InChI is InChI=1S/C24H30N6O3/c1-3-5-7-15-29-19(12-13-20(31)26-18-10-8-17(16-25)9-11-18)27-22-21(29)23(32)28-24(33)30(22)14-6-4-2/h8-11H,3-7,12-15H2,1-2H3,(H,26,31)(H,28,32,33). The van der Waals surface area contributed by atoms with Crippen LogP contribution in [0.3, 0.4) is 0 Å². The topological polar surface area (TPSA) is 126 Å². The Kier molecular flexibility index (Phi) is 8.19. The minimum atomic E-state index is -0.454. The summed E-state index contributed by atoms with van der Waals surface area (Å²) in [4.78, 5) is 44.7. The number of unbranched alkanes of at least 4 members (excludes halogenated alkanes) is 3. The molecule has 0 saturated heterocycles. The average molecular weight is 451 g/mol. The van der Waals surface area contributed by atoms with Crippen LogP contribution in [0.1, 0.15) is 63.8 Å². The van der Waals surface area contributed by atoms with Crippen molar-refractivity contribution < 1.29 is 4.79 Å². The van der Waals surface area contributed by atoms with Gasteiger partial charge in [-0.3, -0.25) is 19.1 Å². The molecule has 2 N–H and O–H groups in total. The Morgan fingerprint density at radius 3 is 2.42 bits per heavy atom. The fourth-order valence-electron chi connectivity index (χ4n) is 3.77. The van der Waals surface area contributed by atoms with Gasteiger partial charge in [0.05, 0.1) is 11.6 Å². The van der Waals surface area contributed by atoms with E-state index < -0.39 is 11.2 Å². The number of nitrogens with one attached hydrogen (secondary N) is 2. The highest BCUT2D eigenvalue weighted by molar-refractivity contribution is 5.90. The first-order valence-electron chi connectivity index (χ1n) is 11.5. The average Bonchev–Trinajstić information content (AvgIpc) is 3.17. The molecule has 0 unspecified atom stereocenters. The van der Waals surface area contributed by atoms with Crippen LogP contribution < -0.4 is 16.6 Å². The molecular formula is C24H30N6O3. The van der Waals surface area contributed by atoms with Gasteiger partial charge in [0.15, 0.2) is 11.2 Å². The first-order valence-corrected chi connectivity index (χ1v) is 11.5. The van der Waals surface area contributed by atoms with Crippen molar-refractivity contribution in [2.24, 2.45) is 0 Å². The fourth-order valence-corrected chi connectivity index (χ4v) is 3.77. The molecule has 2 aromatic heterocycles. The van der Waals surface area contributed by atoms with Crippen molar-refractivity contribution in [2.45, 2.75) is 71.9 Å². The predicted octanol–water partition coefficient (Wildman–Crippen LogP) is 3.32. The minimum Gasteiger partial charge on any atom is -0.326 e. The van der Waals surface area contributed by atoms with Crippen LogP contribution in [0, 0.1) is 11.3 Å². The van der Waals surface area contributed by atoms with Gasteiger partial charge in [-0.2, -0.15) is 5.26 Å². The van der Waals surface area contributed by atoms with Gasteiger partial charge in [0.1, 0.15) is 5.82 Å². The van der Waals surface area contributed by atoms with E-state index in [1.807, 2.05) is 17.6 Å². The molecule has 0 aliphatic carbocycles. The summed E-state index contributed by atoms with van der Waals surface area (Å²) in [6.07, 6.45) is 5.13. The van der Waals surface area contributed by atoms with Gasteiger partial charge in [-0.15, -0.1) is 0 Å². The number of hydrogen-bond acceptors (Lipinski definition) is 5. The van der Waals surface area contributed by atoms with Crippen molar-refractivity contribution in [1.29, 1.82) is 5.26 Å². The molecule has 9 heteroatoms. The fraction of sp³-hybridized carbons (Fsp3) is 0.458. The number of hydrogen-bond donors (Lipinski definition) is 2. The molecule has 0 radical (unpaired) electrons. The lowest BCUT2D eigenvalue weighted by Gasteiger charge is -2.09. The number of carbonyl (C=O) groups is 1. The second-order valence-corrected chi connectivity index (χ2v) is 8.06. The van der Waals surface area contributed by atoms with E-state index in [0.717, 1.165) is 32.1 Å². The number of nitrogens with zero attached hydrogens (tertiary/aromatic N) is 4. The third-order valence-electron chi connectivity index (χ3n) is 5.56. The summed E-state index contributed by atoms with van der Waals surface area (Å²) in [7, 11) is 0. The first kappa shape index (κ1) is 24.0. The maximum atomic E-state index is 12.7. The van der Waals surface area contributed by atoms with Crippen molar-refractivity contribution in [3.8, 4) is 6.07 Å². The zero-order valence-corrected chi connectivity index (χ0v) is 19.2. The molecule has 0 aliphatic rings. The Morgan fingerprint density at radius 1 is 1.06 bits per heavy atom. The molecule has 0 fully saturated rings. The third-order valence-corrected chi connectivity index (χ3v) is 5.56. The summed E-state index contributed by atoms with van der Waals surface area (Å²) in [6, 6.07) is 8.70. The van der Waals surface area contributed by atoms with Crippen LogP contribution in [-0.4, -0.2) is 25.0 Å². The summed E-state index contributed by atoms with van der Waals surface area (Å²) in [5.74, 6) is 0.432. The Labute approximate surface area is 192 Å². The van der Waals surface area contributed by atoms with E-state index in [-0.39, 0.29) is 12.3 Å². The van der Waals surface area contributed by atoms with Gasteiger partial charge in [0.2, 0.25) is 5.91 Å². The van der Waals surface area contributed by atoms with Gasteiger partial charge in [0, 0.05) is 31.6 Å². The molecule has 0 saturated carbocycles. The van der Waals surface area contributed by atoms with E-state index in [2.05, 4.69) is 22.2 Å². The zero-order chi connectivity index (χ0) is 23.8. The summed E-state index contributed by atoms with van der Waals surface area (Å²) >= 11 is 0. The molecule has 3 rings (SSSR count). The number of amides is 1. The third kappa shape index (κ3) is 5.77. The van der Waals surface area contributed by atoms with Crippen LogP contribution in [0.2, 0.25) is 0 Å². The van der Waals surface area contributed by atoms with E-state index >= 15 is 0 Å². The molecule has 0 aliphatic heterocycles. The minimum absolute atomic E-state index is 0.175. The normalized spacial score (nSPS) is 10.9. The number of rotatable bonds is 11. The zero-order valence-electron chi connectivity index (χ0n) is 19.2. The van der Waals surface area contributed by atoms with Crippen LogP contribution >= 0.6 is 0 Å². The lowest BCUT2D eigenvalue weighted by Crippen LogP contribution is -2.31. The van der Waals surface area contributed by atoms with E-state index in [1.165, 1.54) is 4.57 Å². The highest BCUT2D eigenvalue weighted by Gasteiger charge is 2.19. The molecule has 9 nitrogen and oxygen atoms in total. The molecule has 2 heterocycles. The lowest BCUT2D eigenvalue weighted by atomic mass is 10.2. The van der Waals surface area contributed by atoms with Gasteiger partial charge in [-0.1, -0.05) is 33.1 Å². The molecular weight excluding hydrogens is 420 g/mol. The van der Waals surface area contributed by atoms with Crippen molar-refractivity contribution in [3.63, 3.8) is 0 Å². The lowest BCUT2D eigenvalue weighted by molar-refractivity contribution is -0.116. The Morgan fingerprint density at radius 2 is 1.76 bits per heavy atom. The monoisotopic (exact) mass is 450 g/mol. The van der Waals surface area contributed by atoms with E-state index in [0.29, 0.717) is 47.7 Å². The van der Waals surface area contributed by atoms with Crippen molar-refractivity contribution in [1.82, 2.24) is 19.1 Å². The van der Waals surface area contributed by atoms with Crippen LogP contribution in [0.25, 0.3) is 11.2 Å². The van der Waals surface area contributed by atoms with Crippen molar-refractivity contribution in [2.75, 3.05) is 5.32 Å². The number of imidazole rings is 1. The Bertz CT molecular complexity index is 1260. The van der Waals surface area contributed by atoms with Gasteiger partial charge in [-0.25, -0.2) is 9.78 Å². The number of carbonyl (C=O) groups excluding carboxylic acids is 1. The molecule has 1 amide bonds. The maximum Gasteiger partial charge on any atom is 0.330 e. The van der Waals surface area contributed by atoms with E-state index in [4.69, 9.17) is 5.26 Å². The predicted molar refractivity (Wildman–Crippen MR) is 127 cm³/mol. The van der Waals surface area contributed by atoms with Gasteiger partial charge in [-0.05, 0) is 37.1 Å². The van der Waals surface area contributed by atoms with E-state index in [9.17, 15) is 14.4 Å². The second kappa shape index (κ2) is 11.3.